The Morgan fingerprint density at radius 3 is 2.10 bits per heavy atom. The highest BCUT2D eigenvalue weighted by atomic mass is 15.4. The molecule has 3 heteroatoms. The van der Waals surface area contributed by atoms with E-state index < -0.39 is 0 Å². The van der Waals surface area contributed by atoms with Gasteiger partial charge in [-0.05, 0) is 30.5 Å². The Morgan fingerprint density at radius 2 is 1.48 bits per heavy atom. The number of nitrogens with zero attached hydrogens (tertiary/aromatic N) is 2. The molecule has 2 aromatic rings. The van der Waals surface area contributed by atoms with Gasteiger partial charge in [-0.2, -0.15) is 0 Å². The highest BCUT2D eigenvalue weighted by Crippen LogP contribution is 2.21. The lowest BCUT2D eigenvalue weighted by atomic mass is 10.0. The molecular weight excluding hydrogens is 258 g/mol. The minimum Gasteiger partial charge on any atom is -0.308 e. The predicted molar refractivity (Wildman–Crippen MR) is 87.8 cm³/mol. The molecule has 0 radical (unpaired) electrons. The van der Waals surface area contributed by atoms with Crippen LogP contribution in [0.15, 0.2) is 60.7 Å². The molecule has 0 amide bonds. The topological polar surface area (TPSA) is 32.5 Å². The molecule has 21 heavy (non-hydrogen) atoms. The van der Waals surface area contributed by atoms with E-state index in [1.54, 1.807) is 0 Å². The number of likely N-dealkylation sites (tertiary alicyclic amines) is 1. The highest BCUT2D eigenvalue weighted by Gasteiger charge is 2.23. The van der Waals surface area contributed by atoms with Crippen molar-refractivity contribution < 1.29 is 0 Å². The van der Waals surface area contributed by atoms with Gasteiger partial charge in [-0.1, -0.05) is 48.5 Å². The van der Waals surface area contributed by atoms with Gasteiger partial charge in [-0.15, -0.1) is 0 Å². The van der Waals surface area contributed by atoms with Crippen LogP contribution in [0.25, 0.3) is 0 Å². The summed E-state index contributed by atoms with van der Waals surface area (Å²) in [5.41, 5.74) is 2.50. The molecule has 1 saturated heterocycles. The lowest BCUT2D eigenvalue weighted by molar-refractivity contribution is 0.201. The van der Waals surface area contributed by atoms with Gasteiger partial charge in [0.2, 0.25) is 0 Å². The number of hydrazine groups is 1. The first-order valence-corrected chi connectivity index (χ1v) is 7.68. The van der Waals surface area contributed by atoms with Crippen molar-refractivity contribution in [3.63, 3.8) is 0 Å². The van der Waals surface area contributed by atoms with Gasteiger partial charge in [0.05, 0.1) is 5.69 Å². The fourth-order valence-corrected chi connectivity index (χ4v) is 3.01. The summed E-state index contributed by atoms with van der Waals surface area (Å²) >= 11 is 0. The monoisotopic (exact) mass is 281 g/mol. The second-order valence-corrected chi connectivity index (χ2v) is 5.74. The summed E-state index contributed by atoms with van der Waals surface area (Å²) in [6.07, 6.45) is 2.25. The number of benzene rings is 2. The van der Waals surface area contributed by atoms with Crippen molar-refractivity contribution in [1.29, 1.82) is 0 Å². The Kier molecular flexibility index (Phi) is 4.53. The number of piperidine rings is 1. The van der Waals surface area contributed by atoms with Crippen LogP contribution in [0.3, 0.4) is 0 Å². The van der Waals surface area contributed by atoms with Crippen molar-refractivity contribution in [3.05, 3.63) is 66.2 Å². The van der Waals surface area contributed by atoms with Crippen molar-refractivity contribution in [2.45, 2.75) is 25.4 Å². The summed E-state index contributed by atoms with van der Waals surface area (Å²) in [5, 5.41) is 1.94. The minimum atomic E-state index is 0.444. The van der Waals surface area contributed by atoms with Crippen molar-refractivity contribution >= 4 is 5.69 Å². The van der Waals surface area contributed by atoms with E-state index >= 15 is 0 Å². The summed E-state index contributed by atoms with van der Waals surface area (Å²) < 4.78 is 0. The maximum atomic E-state index is 6.28. The number of anilines is 1. The summed E-state index contributed by atoms with van der Waals surface area (Å²) in [5.74, 6) is 6.28. The van der Waals surface area contributed by atoms with Crippen molar-refractivity contribution in [2.75, 3.05) is 18.1 Å². The molecule has 0 aliphatic carbocycles. The number of hydrogen-bond donors (Lipinski definition) is 1. The normalized spacial score (nSPS) is 16.8. The first kappa shape index (κ1) is 14.1. The van der Waals surface area contributed by atoms with Gasteiger partial charge < -0.3 is 5.01 Å². The number of rotatable bonds is 4. The molecule has 0 saturated carbocycles. The molecule has 3 nitrogen and oxygen atoms in total. The fourth-order valence-electron chi connectivity index (χ4n) is 3.01. The molecule has 0 bridgehead atoms. The average molecular weight is 281 g/mol. The van der Waals surface area contributed by atoms with Crippen LogP contribution in [0.5, 0.6) is 0 Å². The van der Waals surface area contributed by atoms with Crippen LogP contribution in [0, 0.1) is 0 Å². The first-order chi connectivity index (χ1) is 10.3. The Bertz CT molecular complexity index is 533. The molecular formula is C18H23N3. The standard InChI is InChI=1S/C18H23N3/c19-21(17-9-5-2-6-10-17)18-11-13-20(14-12-18)15-16-7-3-1-4-8-16/h1-10,18H,11-15,19H2. The lowest BCUT2D eigenvalue weighted by Crippen LogP contribution is -2.48. The zero-order chi connectivity index (χ0) is 14.5. The van der Waals surface area contributed by atoms with Gasteiger partial charge in [0.15, 0.2) is 0 Å². The Balaban J connectivity index is 1.53. The van der Waals surface area contributed by atoms with Crippen molar-refractivity contribution in [3.8, 4) is 0 Å². The SMILES string of the molecule is NN(c1ccccc1)C1CCN(Cc2ccccc2)CC1. The molecule has 110 valence electrons. The van der Waals surface area contributed by atoms with Gasteiger partial charge in [0.25, 0.3) is 0 Å². The molecule has 1 aliphatic heterocycles. The smallest absolute Gasteiger partial charge is 0.0520 e. The highest BCUT2D eigenvalue weighted by molar-refractivity contribution is 5.45. The zero-order valence-electron chi connectivity index (χ0n) is 12.4. The average Bonchev–Trinajstić information content (AvgIpc) is 2.57. The quantitative estimate of drug-likeness (QED) is 0.690. The van der Waals surface area contributed by atoms with E-state index in [0.29, 0.717) is 6.04 Å². The van der Waals surface area contributed by atoms with Crippen molar-refractivity contribution in [2.24, 2.45) is 5.84 Å². The maximum Gasteiger partial charge on any atom is 0.0520 e. The minimum absolute atomic E-state index is 0.444. The van der Waals surface area contributed by atoms with Gasteiger partial charge in [0, 0.05) is 25.7 Å². The molecule has 1 aliphatic rings. The second kappa shape index (κ2) is 6.74. The molecule has 2 N–H and O–H groups in total. The third-order valence-electron chi connectivity index (χ3n) is 4.25. The van der Waals surface area contributed by atoms with E-state index in [9.17, 15) is 0 Å². The van der Waals surface area contributed by atoms with E-state index in [2.05, 4.69) is 47.4 Å². The predicted octanol–water partition coefficient (Wildman–Crippen LogP) is 3.03. The van der Waals surface area contributed by atoms with Gasteiger partial charge in [-0.3, -0.25) is 4.90 Å². The van der Waals surface area contributed by atoms with E-state index in [-0.39, 0.29) is 0 Å². The van der Waals surface area contributed by atoms with E-state index in [0.717, 1.165) is 38.2 Å². The van der Waals surface area contributed by atoms with Crippen LogP contribution in [-0.2, 0) is 6.54 Å². The zero-order valence-corrected chi connectivity index (χ0v) is 12.4. The van der Waals surface area contributed by atoms with Gasteiger partial charge in [-0.25, -0.2) is 5.84 Å². The van der Waals surface area contributed by atoms with E-state index in [1.165, 1.54) is 5.56 Å². The fraction of sp³-hybridized carbons (Fsp3) is 0.333. The third kappa shape index (κ3) is 3.63. The molecule has 0 unspecified atom stereocenters. The Morgan fingerprint density at radius 1 is 0.905 bits per heavy atom. The van der Waals surface area contributed by atoms with Gasteiger partial charge >= 0.3 is 0 Å². The summed E-state index contributed by atoms with van der Waals surface area (Å²) in [6.45, 7) is 3.27. The molecule has 0 aromatic heterocycles. The summed E-state index contributed by atoms with van der Waals surface area (Å²) in [4.78, 5) is 2.52. The summed E-state index contributed by atoms with van der Waals surface area (Å²) in [6, 6.07) is 21.4. The van der Waals surface area contributed by atoms with E-state index in [1.807, 2.05) is 23.2 Å². The third-order valence-corrected chi connectivity index (χ3v) is 4.25. The first-order valence-electron chi connectivity index (χ1n) is 7.68. The Hall–Kier alpha value is -1.84. The molecule has 1 fully saturated rings. The van der Waals surface area contributed by atoms with Crippen LogP contribution >= 0.6 is 0 Å². The number of para-hydroxylation sites is 1. The Labute approximate surface area is 127 Å². The molecule has 0 spiro atoms. The summed E-state index contributed by atoms with van der Waals surface area (Å²) in [7, 11) is 0. The largest absolute Gasteiger partial charge is 0.308 e. The van der Waals surface area contributed by atoms with E-state index in [4.69, 9.17) is 5.84 Å². The van der Waals surface area contributed by atoms with Crippen LogP contribution in [-0.4, -0.2) is 24.0 Å². The lowest BCUT2D eigenvalue weighted by Gasteiger charge is -2.37. The van der Waals surface area contributed by atoms with Crippen LogP contribution in [0.1, 0.15) is 18.4 Å². The second-order valence-electron chi connectivity index (χ2n) is 5.74. The van der Waals surface area contributed by atoms with Gasteiger partial charge in [0.1, 0.15) is 0 Å². The molecule has 1 heterocycles. The van der Waals surface area contributed by atoms with Crippen LogP contribution in [0.4, 0.5) is 5.69 Å². The molecule has 3 rings (SSSR count). The maximum absolute atomic E-state index is 6.28. The van der Waals surface area contributed by atoms with Crippen LogP contribution < -0.4 is 10.9 Å². The van der Waals surface area contributed by atoms with Crippen molar-refractivity contribution in [1.82, 2.24) is 4.90 Å². The molecule has 0 atom stereocenters. The number of hydrogen-bond acceptors (Lipinski definition) is 3. The van der Waals surface area contributed by atoms with Crippen LogP contribution in [0.2, 0.25) is 0 Å². The number of nitrogens with two attached hydrogens (primary N) is 1. The molecule has 2 aromatic carbocycles.